The van der Waals surface area contributed by atoms with Gasteiger partial charge in [-0.05, 0) is 30.2 Å². The van der Waals surface area contributed by atoms with Crippen molar-refractivity contribution in [3.8, 4) is 11.5 Å². The van der Waals surface area contributed by atoms with Gasteiger partial charge in [-0.3, -0.25) is 10.1 Å². The van der Waals surface area contributed by atoms with Crippen LogP contribution in [0.3, 0.4) is 0 Å². The summed E-state index contributed by atoms with van der Waals surface area (Å²) >= 11 is 0. The summed E-state index contributed by atoms with van der Waals surface area (Å²) < 4.78 is 37.8. The van der Waals surface area contributed by atoms with Crippen LogP contribution in [0, 0.1) is 10.1 Å². The Morgan fingerprint density at radius 3 is 2.42 bits per heavy atom. The van der Waals surface area contributed by atoms with E-state index in [1.807, 2.05) is 0 Å². The van der Waals surface area contributed by atoms with Crippen LogP contribution in [0.25, 0.3) is 0 Å². The van der Waals surface area contributed by atoms with Crippen molar-refractivity contribution in [3.05, 3.63) is 63.7 Å². The van der Waals surface area contributed by atoms with E-state index in [2.05, 4.69) is 4.72 Å². The highest BCUT2D eigenvalue weighted by Gasteiger charge is 2.19. The smallest absolute Gasteiger partial charge is 0.269 e. The largest absolute Gasteiger partial charge is 0.493 e. The lowest BCUT2D eigenvalue weighted by atomic mass is 10.1. The molecular weight excluding hydrogens is 360 g/mol. The first-order chi connectivity index (χ1) is 12.3. The van der Waals surface area contributed by atoms with Crippen molar-refractivity contribution in [3.63, 3.8) is 0 Å². The van der Waals surface area contributed by atoms with Gasteiger partial charge in [-0.15, -0.1) is 0 Å². The molecule has 0 fully saturated rings. The zero-order valence-corrected chi connectivity index (χ0v) is 15.4. The lowest BCUT2D eigenvalue weighted by Gasteiger charge is -2.16. The molecule has 0 aromatic heterocycles. The molecule has 0 bridgehead atoms. The molecule has 0 radical (unpaired) electrons. The molecule has 0 unspecified atom stereocenters. The van der Waals surface area contributed by atoms with Gasteiger partial charge in [0.1, 0.15) is 0 Å². The van der Waals surface area contributed by atoms with E-state index in [4.69, 9.17) is 9.47 Å². The Morgan fingerprint density at radius 1 is 1.12 bits per heavy atom. The fourth-order valence-corrected chi connectivity index (χ4v) is 3.86. The molecular formula is C17H20N2O6S. The molecule has 0 aliphatic heterocycles. The maximum atomic E-state index is 12.4. The van der Waals surface area contributed by atoms with Crippen LogP contribution in [0.1, 0.15) is 24.1 Å². The number of hydrogen-bond donors (Lipinski definition) is 1. The van der Waals surface area contributed by atoms with Crippen LogP contribution < -0.4 is 14.2 Å². The van der Waals surface area contributed by atoms with E-state index < -0.39 is 21.0 Å². The standard InChI is InChI=1S/C17H20N2O6S/c1-12(14-7-8-16(24-2)17(10-14)25-3)18-26(22,23)11-13-5-4-6-15(9-13)19(20)21/h4-10,12,18H,11H2,1-3H3/t12-/m1/s1. The summed E-state index contributed by atoms with van der Waals surface area (Å²) in [6.07, 6.45) is 0. The van der Waals surface area contributed by atoms with Gasteiger partial charge >= 0.3 is 0 Å². The Hall–Kier alpha value is -2.65. The number of sulfonamides is 1. The quantitative estimate of drug-likeness (QED) is 0.557. The Balaban J connectivity index is 2.16. The molecule has 1 N–H and O–H groups in total. The zero-order chi connectivity index (χ0) is 19.3. The third-order valence-electron chi connectivity index (χ3n) is 3.74. The van der Waals surface area contributed by atoms with Gasteiger partial charge < -0.3 is 9.47 Å². The summed E-state index contributed by atoms with van der Waals surface area (Å²) in [5.41, 5.74) is 0.891. The van der Waals surface area contributed by atoms with Crippen LogP contribution in [-0.2, 0) is 15.8 Å². The van der Waals surface area contributed by atoms with Crippen molar-refractivity contribution >= 4 is 15.7 Å². The van der Waals surface area contributed by atoms with Crippen molar-refractivity contribution < 1.29 is 22.8 Å². The van der Waals surface area contributed by atoms with E-state index in [-0.39, 0.29) is 11.4 Å². The SMILES string of the molecule is COc1ccc([C@@H](C)NS(=O)(=O)Cc2cccc([N+](=O)[O-])c2)cc1OC. The average Bonchev–Trinajstić information content (AvgIpc) is 2.60. The Morgan fingerprint density at radius 2 is 1.81 bits per heavy atom. The van der Waals surface area contributed by atoms with Crippen LogP contribution in [0.5, 0.6) is 11.5 Å². The molecule has 8 nitrogen and oxygen atoms in total. The van der Waals surface area contributed by atoms with Gasteiger partial charge in [0.15, 0.2) is 11.5 Å². The highest BCUT2D eigenvalue weighted by Crippen LogP contribution is 2.30. The highest BCUT2D eigenvalue weighted by atomic mass is 32.2. The molecule has 26 heavy (non-hydrogen) atoms. The molecule has 9 heteroatoms. The Bertz CT molecular complexity index is 898. The number of nitrogens with one attached hydrogen (secondary N) is 1. The number of nitro benzene ring substituents is 1. The van der Waals surface area contributed by atoms with Gasteiger partial charge in [0.05, 0.1) is 24.9 Å². The van der Waals surface area contributed by atoms with Crippen molar-refractivity contribution in [2.75, 3.05) is 14.2 Å². The predicted molar refractivity (Wildman–Crippen MR) is 96.8 cm³/mol. The average molecular weight is 380 g/mol. The maximum absolute atomic E-state index is 12.4. The number of rotatable bonds is 8. The normalized spacial score (nSPS) is 12.4. The molecule has 0 aliphatic carbocycles. The van der Waals surface area contributed by atoms with Crippen LogP contribution >= 0.6 is 0 Å². The monoisotopic (exact) mass is 380 g/mol. The van der Waals surface area contributed by atoms with Crippen LogP contribution in [-0.4, -0.2) is 27.6 Å². The van der Waals surface area contributed by atoms with E-state index in [1.165, 1.54) is 38.5 Å². The third-order valence-corrected chi connectivity index (χ3v) is 5.17. The molecule has 0 amide bonds. The van der Waals surface area contributed by atoms with E-state index in [1.54, 1.807) is 25.1 Å². The van der Waals surface area contributed by atoms with Crippen LogP contribution in [0.4, 0.5) is 5.69 Å². The molecule has 2 aromatic carbocycles. The van der Waals surface area contributed by atoms with Gasteiger partial charge in [0.2, 0.25) is 10.0 Å². The van der Waals surface area contributed by atoms with Crippen molar-refractivity contribution in [1.82, 2.24) is 4.72 Å². The first-order valence-corrected chi connectivity index (χ1v) is 9.36. The molecule has 2 rings (SSSR count). The zero-order valence-electron chi connectivity index (χ0n) is 14.6. The van der Waals surface area contributed by atoms with E-state index in [9.17, 15) is 18.5 Å². The lowest BCUT2D eigenvalue weighted by molar-refractivity contribution is -0.384. The molecule has 2 aromatic rings. The second kappa shape index (κ2) is 8.15. The summed E-state index contributed by atoms with van der Waals surface area (Å²) in [7, 11) is -0.689. The number of methoxy groups -OCH3 is 2. The Kier molecular flexibility index (Phi) is 6.17. The highest BCUT2D eigenvalue weighted by molar-refractivity contribution is 7.88. The minimum Gasteiger partial charge on any atom is -0.493 e. The molecule has 0 saturated heterocycles. The summed E-state index contributed by atoms with van der Waals surface area (Å²) in [6, 6.07) is 10.2. The Labute approximate surface area is 152 Å². The van der Waals surface area contributed by atoms with Crippen molar-refractivity contribution in [1.29, 1.82) is 0 Å². The molecule has 0 aliphatic rings. The summed E-state index contributed by atoms with van der Waals surface area (Å²) in [5.74, 6) is 0.685. The third kappa shape index (κ3) is 4.93. The first kappa shape index (κ1) is 19.7. The van der Waals surface area contributed by atoms with Gasteiger partial charge in [0.25, 0.3) is 5.69 Å². The van der Waals surface area contributed by atoms with Crippen molar-refractivity contribution in [2.24, 2.45) is 0 Å². The maximum Gasteiger partial charge on any atom is 0.269 e. The first-order valence-electron chi connectivity index (χ1n) is 7.71. The van der Waals surface area contributed by atoms with E-state index >= 15 is 0 Å². The second-order valence-corrected chi connectivity index (χ2v) is 7.39. The summed E-state index contributed by atoms with van der Waals surface area (Å²) in [5, 5.41) is 10.8. The van der Waals surface area contributed by atoms with Gasteiger partial charge in [0, 0.05) is 18.2 Å². The number of nitrogens with zero attached hydrogens (tertiary/aromatic N) is 1. The number of nitro groups is 1. The number of ether oxygens (including phenoxy) is 2. The number of benzene rings is 2. The predicted octanol–water partition coefficient (Wildman–Crippen LogP) is 2.79. The summed E-state index contributed by atoms with van der Waals surface area (Å²) in [4.78, 5) is 10.3. The van der Waals surface area contributed by atoms with Gasteiger partial charge in [-0.1, -0.05) is 18.2 Å². The molecule has 0 heterocycles. The molecule has 0 spiro atoms. The lowest BCUT2D eigenvalue weighted by Crippen LogP contribution is -2.28. The number of non-ortho nitro benzene ring substituents is 1. The fraction of sp³-hybridized carbons (Fsp3) is 0.294. The summed E-state index contributed by atoms with van der Waals surface area (Å²) in [6.45, 7) is 1.70. The second-order valence-electron chi connectivity index (χ2n) is 5.64. The molecule has 1 atom stereocenters. The van der Waals surface area contributed by atoms with Crippen LogP contribution in [0.15, 0.2) is 42.5 Å². The fourth-order valence-electron chi connectivity index (χ4n) is 2.48. The van der Waals surface area contributed by atoms with Gasteiger partial charge in [-0.2, -0.15) is 0 Å². The number of hydrogen-bond acceptors (Lipinski definition) is 6. The topological polar surface area (TPSA) is 108 Å². The van der Waals surface area contributed by atoms with E-state index in [0.29, 0.717) is 22.6 Å². The van der Waals surface area contributed by atoms with Gasteiger partial charge in [-0.25, -0.2) is 13.1 Å². The van der Waals surface area contributed by atoms with E-state index in [0.717, 1.165) is 0 Å². The minimum absolute atomic E-state index is 0.148. The van der Waals surface area contributed by atoms with Crippen LogP contribution in [0.2, 0.25) is 0 Å². The molecule has 140 valence electrons. The minimum atomic E-state index is -3.70. The molecule has 0 saturated carbocycles. The van der Waals surface area contributed by atoms with Crippen molar-refractivity contribution in [2.45, 2.75) is 18.7 Å².